The number of H-pyrrole nitrogens is 1. The summed E-state index contributed by atoms with van der Waals surface area (Å²) in [6.45, 7) is 14.2. The zero-order chi connectivity index (χ0) is 31.3. The normalized spacial score (nSPS) is 16.8. The number of ether oxygens (including phenoxy) is 1. The number of aromatic nitrogens is 3. The molecule has 0 atom stereocenters. The third kappa shape index (κ3) is 8.00. The van der Waals surface area contributed by atoms with Crippen LogP contribution in [0.3, 0.4) is 0 Å². The van der Waals surface area contributed by atoms with Crippen molar-refractivity contribution in [1.82, 2.24) is 25.6 Å². The zero-order valence-electron chi connectivity index (χ0n) is 26.3. The summed E-state index contributed by atoms with van der Waals surface area (Å²) in [4.78, 5) is 52.5. The molecule has 0 radical (unpaired) electrons. The number of aromatic amines is 1. The van der Waals surface area contributed by atoms with Crippen LogP contribution in [-0.2, 0) is 11.3 Å². The van der Waals surface area contributed by atoms with E-state index >= 15 is 0 Å². The van der Waals surface area contributed by atoms with Gasteiger partial charge in [0.1, 0.15) is 5.60 Å². The lowest BCUT2D eigenvalue weighted by atomic mass is 9.89. The summed E-state index contributed by atoms with van der Waals surface area (Å²) in [6, 6.07) is 6.13. The van der Waals surface area contributed by atoms with Crippen LogP contribution >= 0.6 is 0 Å². The number of aryl methyl sites for hydroxylation is 2. The van der Waals surface area contributed by atoms with E-state index in [-0.39, 0.29) is 36.2 Å². The number of carbonyl (C=O) groups is 2. The summed E-state index contributed by atoms with van der Waals surface area (Å²) < 4.78 is 5.45. The molecule has 1 aliphatic rings. The van der Waals surface area contributed by atoms with Crippen molar-refractivity contribution in [3.63, 3.8) is 0 Å². The summed E-state index contributed by atoms with van der Waals surface area (Å²) in [7, 11) is 0. The average molecular weight is 589 g/mol. The number of anilines is 1. The minimum absolute atomic E-state index is 0.0616. The first-order chi connectivity index (χ1) is 20.4. The van der Waals surface area contributed by atoms with E-state index in [1.807, 2.05) is 53.7 Å². The van der Waals surface area contributed by atoms with Gasteiger partial charge in [0.25, 0.3) is 11.5 Å². The van der Waals surface area contributed by atoms with Crippen LogP contribution in [0.1, 0.15) is 86.1 Å². The second kappa shape index (κ2) is 13.4. The van der Waals surface area contributed by atoms with Crippen molar-refractivity contribution in [2.45, 2.75) is 98.4 Å². The molecule has 2 amide bonds. The lowest BCUT2D eigenvalue weighted by Gasteiger charge is -2.39. The molecular formula is C33H44N6O4. The fraction of sp³-hybridized carbons (Fsp3) is 0.485. The number of amides is 2. The van der Waals surface area contributed by atoms with E-state index in [4.69, 9.17) is 4.74 Å². The fourth-order valence-electron chi connectivity index (χ4n) is 5.83. The van der Waals surface area contributed by atoms with Gasteiger partial charge in [-0.3, -0.25) is 19.6 Å². The minimum atomic E-state index is -0.537. The van der Waals surface area contributed by atoms with Crippen molar-refractivity contribution in [2.75, 3.05) is 11.4 Å². The number of hydrogen-bond donors (Lipinski definition) is 3. The Kier molecular flexibility index (Phi) is 9.88. The maximum atomic E-state index is 13.7. The first kappa shape index (κ1) is 31.7. The van der Waals surface area contributed by atoms with Gasteiger partial charge in [-0.05, 0) is 103 Å². The number of alkyl carbamates (subject to hydrolysis) is 1. The molecule has 1 aliphatic carbocycles. The van der Waals surface area contributed by atoms with Crippen LogP contribution in [-0.4, -0.2) is 51.2 Å². The molecule has 2 aromatic heterocycles. The third-order valence-electron chi connectivity index (χ3n) is 7.91. The Morgan fingerprint density at radius 2 is 1.79 bits per heavy atom. The van der Waals surface area contributed by atoms with Crippen molar-refractivity contribution in [3.8, 4) is 11.3 Å². The second-order valence-electron chi connectivity index (χ2n) is 12.3. The number of rotatable bonds is 8. The Morgan fingerprint density at radius 3 is 2.40 bits per heavy atom. The molecule has 3 aromatic rings. The van der Waals surface area contributed by atoms with Crippen molar-refractivity contribution in [2.24, 2.45) is 0 Å². The summed E-state index contributed by atoms with van der Waals surface area (Å²) in [5.41, 5.74) is 5.23. The molecule has 2 heterocycles. The number of benzene rings is 1. The Labute approximate surface area is 253 Å². The highest BCUT2D eigenvalue weighted by Crippen LogP contribution is 2.34. The Balaban J connectivity index is 1.59. The number of pyridine rings is 1. The topological polar surface area (TPSA) is 129 Å². The van der Waals surface area contributed by atoms with Gasteiger partial charge < -0.3 is 25.3 Å². The highest BCUT2D eigenvalue weighted by atomic mass is 16.6. The number of nitrogens with zero attached hydrogens (tertiary/aromatic N) is 3. The minimum Gasteiger partial charge on any atom is -0.444 e. The zero-order valence-corrected chi connectivity index (χ0v) is 26.3. The predicted octanol–water partition coefficient (Wildman–Crippen LogP) is 5.35. The van der Waals surface area contributed by atoms with E-state index in [9.17, 15) is 14.4 Å². The van der Waals surface area contributed by atoms with Crippen LogP contribution in [0.2, 0.25) is 0 Å². The quantitative estimate of drug-likeness (QED) is 0.324. The van der Waals surface area contributed by atoms with E-state index in [1.165, 1.54) is 0 Å². The Bertz CT molecular complexity index is 1500. The van der Waals surface area contributed by atoms with Crippen LogP contribution in [0.5, 0.6) is 0 Å². The van der Waals surface area contributed by atoms with Gasteiger partial charge in [-0.25, -0.2) is 4.79 Å². The van der Waals surface area contributed by atoms with Crippen molar-refractivity contribution < 1.29 is 14.3 Å². The van der Waals surface area contributed by atoms with E-state index in [0.717, 1.165) is 60.3 Å². The van der Waals surface area contributed by atoms with Crippen LogP contribution in [0.25, 0.3) is 11.3 Å². The molecule has 1 saturated carbocycles. The van der Waals surface area contributed by atoms with E-state index in [1.54, 1.807) is 18.6 Å². The molecule has 10 nitrogen and oxygen atoms in total. The first-order valence-corrected chi connectivity index (χ1v) is 15.0. The molecule has 230 valence electrons. The molecule has 1 aromatic carbocycles. The summed E-state index contributed by atoms with van der Waals surface area (Å²) in [6.07, 6.45) is 8.01. The first-order valence-electron chi connectivity index (χ1n) is 15.0. The van der Waals surface area contributed by atoms with Gasteiger partial charge in [-0.2, -0.15) is 0 Å². The fourth-order valence-corrected chi connectivity index (χ4v) is 5.83. The van der Waals surface area contributed by atoms with E-state index in [0.29, 0.717) is 16.8 Å². The van der Waals surface area contributed by atoms with Crippen molar-refractivity contribution in [1.29, 1.82) is 0 Å². The molecule has 4 rings (SSSR count). The van der Waals surface area contributed by atoms with Gasteiger partial charge in [0.15, 0.2) is 0 Å². The van der Waals surface area contributed by atoms with Crippen LogP contribution in [0.15, 0.2) is 41.6 Å². The summed E-state index contributed by atoms with van der Waals surface area (Å²) in [5.74, 6) is -0.259. The van der Waals surface area contributed by atoms with Crippen LogP contribution in [0.4, 0.5) is 10.5 Å². The third-order valence-corrected chi connectivity index (χ3v) is 7.91. The van der Waals surface area contributed by atoms with Crippen molar-refractivity contribution >= 4 is 17.7 Å². The molecule has 10 heteroatoms. The van der Waals surface area contributed by atoms with Crippen LogP contribution < -0.4 is 21.1 Å². The van der Waals surface area contributed by atoms with Crippen molar-refractivity contribution in [3.05, 3.63) is 75.1 Å². The summed E-state index contributed by atoms with van der Waals surface area (Å²) in [5, 5.41) is 6.00. The number of nitrogens with one attached hydrogen (secondary N) is 3. The SMILES string of the molecule is CCN(c1cc(-c2cnccn2)cc(C(=O)NCc2c(C)cc(C)[nH]c2=O)c1C)[C@H]1CC[C@H](NC(=O)OC(C)(C)C)CC1. The van der Waals surface area contributed by atoms with Gasteiger partial charge in [0.2, 0.25) is 0 Å². The average Bonchev–Trinajstić information content (AvgIpc) is 2.94. The molecule has 43 heavy (non-hydrogen) atoms. The molecule has 1 fully saturated rings. The predicted molar refractivity (Wildman–Crippen MR) is 168 cm³/mol. The molecule has 3 N–H and O–H groups in total. The monoisotopic (exact) mass is 588 g/mol. The molecule has 0 aliphatic heterocycles. The number of hydrogen-bond acceptors (Lipinski definition) is 7. The Morgan fingerprint density at radius 1 is 1.07 bits per heavy atom. The van der Waals surface area contributed by atoms with Crippen LogP contribution in [0, 0.1) is 20.8 Å². The smallest absolute Gasteiger partial charge is 0.407 e. The maximum absolute atomic E-state index is 13.7. The van der Waals surface area contributed by atoms with Gasteiger partial charge >= 0.3 is 6.09 Å². The lowest BCUT2D eigenvalue weighted by molar-refractivity contribution is 0.0491. The van der Waals surface area contributed by atoms with E-state index in [2.05, 4.69) is 43.5 Å². The highest BCUT2D eigenvalue weighted by Gasteiger charge is 2.29. The molecule has 0 bridgehead atoms. The molecule has 0 saturated heterocycles. The van der Waals surface area contributed by atoms with Gasteiger partial charge in [0, 0.05) is 65.6 Å². The lowest BCUT2D eigenvalue weighted by Crippen LogP contribution is -2.45. The standard InChI is InChI=1S/C33H44N6O4/c1-8-39(25-11-9-24(10-12-25)38-32(42)43-33(5,6)7)29-17-23(28-19-34-13-14-35-28)16-26(22(29)4)30(40)36-18-27-20(2)15-21(3)37-31(27)41/h13-17,19,24-25H,8-12,18H2,1-7H3,(H,36,40)(H,37,41)(H,38,42)/t24-,25-. The Hall–Kier alpha value is -4.21. The second-order valence-corrected chi connectivity index (χ2v) is 12.3. The molecular weight excluding hydrogens is 544 g/mol. The van der Waals surface area contributed by atoms with Gasteiger partial charge in [0.05, 0.1) is 11.9 Å². The largest absolute Gasteiger partial charge is 0.444 e. The number of carbonyl (C=O) groups excluding carboxylic acids is 2. The highest BCUT2D eigenvalue weighted by molar-refractivity contribution is 5.98. The van der Waals surface area contributed by atoms with Gasteiger partial charge in [-0.1, -0.05) is 0 Å². The maximum Gasteiger partial charge on any atom is 0.407 e. The van der Waals surface area contributed by atoms with Gasteiger partial charge in [-0.15, -0.1) is 0 Å². The van der Waals surface area contributed by atoms with E-state index < -0.39 is 5.60 Å². The molecule has 0 unspecified atom stereocenters. The molecule has 0 spiro atoms. The summed E-state index contributed by atoms with van der Waals surface area (Å²) >= 11 is 0.